The van der Waals surface area contributed by atoms with Crippen molar-refractivity contribution in [2.75, 3.05) is 11.9 Å². The Bertz CT molecular complexity index is 552. The first-order chi connectivity index (χ1) is 8.72. The molecule has 2 unspecified atom stereocenters. The van der Waals surface area contributed by atoms with Crippen molar-refractivity contribution in [3.05, 3.63) is 22.8 Å². The zero-order chi connectivity index (χ0) is 12.5. The van der Waals surface area contributed by atoms with Crippen LogP contribution in [0.1, 0.15) is 19.8 Å². The van der Waals surface area contributed by atoms with Crippen molar-refractivity contribution in [2.24, 2.45) is 0 Å². The smallest absolute Gasteiger partial charge is 0.243 e. The topological polar surface area (TPSA) is 54.2 Å². The number of fused-ring (bicyclic) bond motifs is 1. The van der Waals surface area contributed by atoms with E-state index in [9.17, 15) is 0 Å². The van der Waals surface area contributed by atoms with Gasteiger partial charge in [0, 0.05) is 22.8 Å². The molecule has 3 rings (SSSR count). The molecule has 0 bridgehead atoms. The van der Waals surface area contributed by atoms with Crippen molar-refractivity contribution in [1.82, 2.24) is 19.9 Å². The van der Waals surface area contributed by atoms with E-state index in [1.165, 1.54) is 6.42 Å². The highest BCUT2D eigenvalue weighted by Crippen LogP contribution is 2.16. The molecule has 5 nitrogen and oxygen atoms in total. The van der Waals surface area contributed by atoms with Crippen molar-refractivity contribution >= 4 is 27.5 Å². The van der Waals surface area contributed by atoms with E-state index >= 15 is 0 Å². The fourth-order valence-corrected chi connectivity index (χ4v) is 2.65. The predicted octanol–water partition coefficient (Wildman–Crippen LogP) is 2.04. The molecule has 18 heavy (non-hydrogen) atoms. The molecule has 1 saturated heterocycles. The molecule has 96 valence electrons. The second kappa shape index (κ2) is 4.85. The molecule has 2 N–H and O–H groups in total. The average Bonchev–Trinajstić information content (AvgIpc) is 2.73. The SMILES string of the molecule is CC1NCCCC1Nc1nc2ccc(Br)cn2n1. The molecule has 0 amide bonds. The molecule has 0 aliphatic carbocycles. The number of rotatable bonds is 2. The van der Waals surface area contributed by atoms with Gasteiger partial charge >= 0.3 is 0 Å². The van der Waals surface area contributed by atoms with E-state index in [0.717, 1.165) is 23.1 Å². The number of piperidine rings is 1. The number of nitrogens with one attached hydrogen (secondary N) is 2. The van der Waals surface area contributed by atoms with Crippen LogP contribution in [0.15, 0.2) is 22.8 Å². The van der Waals surface area contributed by atoms with Crippen molar-refractivity contribution in [1.29, 1.82) is 0 Å². The number of hydrogen-bond donors (Lipinski definition) is 2. The highest BCUT2D eigenvalue weighted by Gasteiger charge is 2.21. The number of pyridine rings is 1. The van der Waals surface area contributed by atoms with Crippen molar-refractivity contribution in [3.8, 4) is 0 Å². The van der Waals surface area contributed by atoms with Gasteiger partial charge in [0.2, 0.25) is 5.95 Å². The summed E-state index contributed by atoms with van der Waals surface area (Å²) in [6.45, 7) is 3.30. The fraction of sp³-hybridized carbons (Fsp3) is 0.500. The molecule has 6 heteroatoms. The predicted molar refractivity (Wildman–Crippen MR) is 74.8 cm³/mol. The van der Waals surface area contributed by atoms with Crippen molar-refractivity contribution < 1.29 is 0 Å². The molecule has 1 fully saturated rings. The lowest BCUT2D eigenvalue weighted by Crippen LogP contribution is -2.46. The number of nitrogens with zero attached hydrogens (tertiary/aromatic N) is 3. The van der Waals surface area contributed by atoms with Gasteiger partial charge < -0.3 is 10.6 Å². The van der Waals surface area contributed by atoms with E-state index in [1.54, 1.807) is 4.52 Å². The van der Waals surface area contributed by atoms with Crippen LogP contribution >= 0.6 is 15.9 Å². The van der Waals surface area contributed by atoms with Crippen molar-refractivity contribution in [3.63, 3.8) is 0 Å². The van der Waals surface area contributed by atoms with Crippen LogP contribution in [0.4, 0.5) is 5.95 Å². The van der Waals surface area contributed by atoms with E-state index in [-0.39, 0.29) is 0 Å². The van der Waals surface area contributed by atoms with Crippen LogP contribution in [0.5, 0.6) is 0 Å². The summed E-state index contributed by atoms with van der Waals surface area (Å²) in [6, 6.07) is 4.78. The van der Waals surface area contributed by atoms with E-state index in [1.807, 2.05) is 18.3 Å². The number of halogens is 1. The van der Waals surface area contributed by atoms with Gasteiger partial charge in [0.15, 0.2) is 5.65 Å². The zero-order valence-corrected chi connectivity index (χ0v) is 11.8. The van der Waals surface area contributed by atoms with E-state index in [0.29, 0.717) is 18.0 Å². The minimum Gasteiger partial charge on any atom is -0.349 e. The van der Waals surface area contributed by atoms with Crippen LogP contribution in [0.25, 0.3) is 5.65 Å². The monoisotopic (exact) mass is 309 g/mol. The summed E-state index contributed by atoms with van der Waals surface area (Å²) in [5, 5.41) is 11.3. The summed E-state index contributed by atoms with van der Waals surface area (Å²) < 4.78 is 2.78. The van der Waals surface area contributed by atoms with Gasteiger partial charge in [0.05, 0.1) is 0 Å². The van der Waals surface area contributed by atoms with E-state index in [4.69, 9.17) is 0 Å². The molecule has 1 aliphatic rings. The lowest BCUT2D eigenvalue weighted by molar-refractivity contribution is 0.388. The summed E-state index contributed by atoms with van der Waals surface area (Å²) >= 11 is 3.43. The Morgan fingerprint density at radius 1 is 1.50 bits per heavy atom. The Morgan fingerprint density at radius 2 is 2.39 bits per heavy atom. The first kappa shape index (κ1) is 11.9. The molecule has 2 atom stereocenters. The Labute approximate surface area is 114 Å². The molecule has 2 aromatic heterocycles. The Kier molecular flexibility index (Phi) is 3.22. The van der Waals surface area contributed by atoms with Gasteiger partial charge in [-0.25, -0.2) is 4.52 Å². The summed E-state index contributed by atoms with van der Waals surface area (Å²) in [6.07, 6.45) is 4.27. The molecule has 2 aromatic rings. The van der Waals surface area contributed by atoms with Gasteiger partial charge in [0.1, 0.15) is 0 Å². The van der Waals surface area contributed by atoms with Gasteiger partial charge in [-0.1, -0.05) is 0 Å². The van der Waals surface area contributed by atoms with Crippen LogP contribution in [0.2, 0.25) is 0 Å². The Balaban J connectivity index is 1.81. The third-order valence-electron chi connectivity index (χ3n) is 3.37. The molecular weight excluding hydrogens is 294 g/mol. The number of anilines is 1. The zero-order valence-electron chi connectivity index (χ0n) is 10.2. The first-order valence-corrected chi connectivity index (χ1v) is 7.03. The van der Waals surface area contributed by atoms with Gasteiger partial charge in [-0.05, 0) is 54.4 Å². The maximum Gasteiger partial charge on any atom is 0.243 e. The van der Waals surface area contributed by atoms with Gasteiger partial charge in [-0.2, -0.15) is 4.98 Å². The second-order valence-corrected chi connectivity index (χ2v) is 5.64. The third kappa shape index (κ3) is 2.35. The first-order valence-electron chi connectivity index (χ1n) is 6.24. The molecule has 0 saturated carbocycles. The maximum absolute atomic E-state index is 4.47. The minimum atomic E-state index is 0.402. The van der Waals surface area contributed by atoms with Gasteiger partial charge in [-0.3, -0.25) is 0 Å². The summed E-state index contributed by atoms with van der Waals surface area (Å²) in [5.74, 6) is 0.702. The minimum absolute atomic E-state index is 0.402. The van der Waals surface area contributed by atoms with E-state index in [2.05, 4.69) is 43.6 Å². The summed E-state index contributed by atoms with van der Waals surface area (Å²) in [4.78, 5) is 4.47. The average molecular weight is 310 g/mol. The van der Waals surface area contributed by atoms with Crippen molar-refractivity contribution in [2.45, 2.75) is 31.8 Å². The molecule has 0 aromatic carbocycles. The highest BCUT2D eigenvalue weighted by molar-refractivity contribution is 9.10. The second-order valence-electron chi connectivity index (χ2n) is 4.72. The lowest BCUT2D eigenvalue weighted by atomic mass is 10.0. The molecule has 3 heterocycles. The lowest BCUT2D eigenvalue weighted by Gasteiger charge is -2.30. The molecule has 0 radical (unpaired) electrons. The van der Waals surface area contributed by atoms with Crippen LogP contribution in [0, 0.1) is 0 Å². The quantitative estimate of drug-likeness (QED) is 0.891. The van der Waals surface area contributed by atoms with Gasteiger partial charge in [-0.15, -0.1) is 5.10 Å². The molecule has 1 aliphatic heterocycles. The van der Waals surface area contributed by atoms with Crippen LogP contribution in [-0.4, -0.2) is 33.2 Å². The van der Waals surface area contributed by atoms with Crippen LogP contribution in [0.3, 0.4) is 0 Å². The highest BCUT2D eigenvalue weighted by atomic mass is 79.9. The normalized spacial score (nSPS) is 24.3. The summed E-state index contributed by atoms with van der Waals surface area (Å²) in [7, 11) is 0. The largest absolute Gasteiger partial charge is 0.349 e. The van der Waals surface area contributed by atoms with Crippen LogP contribution in [-0.2, 0) is 0 Å². The molecule has 0 spiro atoms. The standard InChI is InChI=1S/C12H16BrN5/c1-8-10(3-2-6-14-8)15-12-16-11-5-4-9(13)7-18(11)17-12/h4-5,7-8,10,14H,2-3,6H2,1H3,(H,15,17). The van der Waals surface area contributed by atoms with Gasteiger partial charge in [0.25, 0.3) is 0 Å². The summed E-state index contributed by atoms with van der Waals surface area (Å²) in [5.41, 5.74) is 0.858. The Morgan fingerprint density at radius 3 is 3.22 bits per heavy atom. The fourth-order valence-electron chi connectivity index (χ4n) is 2.33. The maximum atomic E-state index is 4.47. The molecular formula is C12H16BrN5. The Hall–Kier alpha value is -1.14. The number of hydrogen-bond acceptors (Lipinski definition) is 4. The third-order valence-corrected chi connectivity index (χ3v) is 3.84. The number of aromatic nitrogens is 3. The van der Waals surface area contributed by atoms with E-state index < -0.39 is 0 Å². The van der Waals surface area contributed by atoms with Crippen LogP contribution < -0.4 is 10.6 Å².